The minimum atomic E-state index is -0.399. The molecule has 7 heteroatoms. The fourth-order valence-corrected chi connectivity index (χ4v) is 1.89. The quantitative estimate of drug-likeness (QED) is 0.873. The highest BCUT2D eigenvalue weighted by molar-refractivity contribution is 7.09. The zero-order valence-corrected chi connectivity index (χ0v) is 10.1. The summed E-state index contributed by atoms with van der Waals surface area (Å²) in [6, 6.07) is 6.24. The van der Waals surface area contributed by atoms with Gasteiger partial charge < -0.3 is 0 Å². The normalized spacial score (nSPS) is 10.2. The molecule has 2 rings (SSSR count). The van der Waals surface area contributed by atoms with Crippen molar-refractivity contribution in [3.05, 3.63) is 30.1 Å². The van der Waals surface area contributed by atoms with Crippen molar-refractivity contribution < 1.29 is 9.18 Å². The van der Waals surface area contributed by atoms with Crippen LogP contribution in [0.3, 0.4) is 0 Å². The van der Waals surface area contributed by atoms with Crippen molar-refractivity contribution in [2.45, 2.75) is 0 Å². The molecule has 0 spiro atoms. The van der Waals surface area contributed by atoms with Crippen molar-refractivity contribution in [1.82, 2.24) is 9.36 Å². The van der Waals surface area contributed by atoms with Gasteiger partial charge >= 0.3 is 0 Å². The van der Waals surface area contributed by atoms with Crippen LogP contribution in [0, 0.1) is 5.82 Å². The van der Waals surface area contributed by atoms with Gasteiger partial charge in [0.25, 0.3) is 0 Å². The largest absolute Gasteiger partial charge is 0.293 e. The number of anilines is 1. The molecule has 0 atom stereocenters. The Kier molecular flexibility index (Phi) is 3.65. The number of hydrogen-bond donors (Lipinski definition) is 1. The van der Waals surface area contributed by atoms with E-state index < -0.39 is 5.91 Å². The fourth-order valence-electron chi connectivity index (χ4n) is 1.18. The molecule has 0 radical (unpaired) electrons. The first kappa shape index (κ1) is 11.9. The topological polar surface area (TPSA) is 54.9 Å². The maximum absolute atomic E-state index is 13.4. The van der Waals surface area contributed by atoms with E-state index in [1.54, 1.807) is 18.2 Å². The van der Waals surface area contributed by atoms with Gasteiger partial charge in [0.2, 0.25) is 11.9 Å². The van der Waals surface area contributed by atoms with Crippen molar-refractivity contribution >= 4 is 35.0 Å². The molecule has 1 aromatic carbocycles. The van der Waals surface area contributed by atoms with Crippen LogP contribution in [0.15, 0.2) is 24.3 Å². The van der Waals surface area contributed by atoms with Gasteiger partial charge in [-0.15, -0.1) is 11.6 Å². The number of nitrogens with zero attached hydrogens (tertiary/aromatic N) is 2. The van der Waals surface area contributed by atoms with Crippen LogP contribution in [0.4, 0.5) is 10.3 Å². The molecule has 1 N–H and O–H groups in total. The Bertz CT molecular complexity index is 546. The van der Waals surface area contributed by atoms with Gasteiger partial charge in [0.15, 0.2) is 0 Å². The second kappa shape index (κ2) is 5.20. The minimum absolute atomic E-state index is 0.138. The number of halogens is 2. The Morgan fingerprint density at radius 2 is 2.24 bits per heavy atom. The lowest BCUT2D eigenvalue weighted by Gasteiger charge is -1.96. The van der Waals surface area contributed by atoms with Gasteiger partial charge in [-0.3, -0.25) is 10.1 Å². The number of nitrogens with one attached hydrogen (secondary N) is 1. The van der Waals surface area contributed by atoms with Gasteiger partial charge in [-0.05, 0) is 23.7 Å². The van der Waals surface area contributed by atoms with Crippen LogP contribution in [0.2, 0.25) is 0 Å². The maximum Gasteiger partial charge on any atom is 0.241 e. The predicted octanol–water partition coefficient (Wildman–Crippen LogP) is 2.52. The van der Waals surface area contributed by atoms with Crippen molar-refractivity contribution in [3.8, 4) is 10.6 Å². The fraction of sp³-hybridized carbons (Fsp3) is 0.100. The minimum Gasteiger partial charge on any atom is -0.293 e. The average molecular weight is 272 g/mol. The summed E-state index contributed by atoms with van der Waals surface area (Å²) in [5, 5.41) is 2.81. The van der Waals surface area contributed by atoms with Crippen LogP contribution < -0.4 is 5.32 Å². The van der Waals surface area contributed by atoms with Gasteiger partial charge in [-0.25, -0.2) is 4.39 Å². The van der Waals surface area contributed by atoms with Gasteiger partial charge in [0.05, 0.1) is 0 Å². The van der Waals surface area contributed by atoms with E-state index in [4.69, 9.17) is 11.6 Å². The smallest absolute Gasteiger partial charge is 0.241 e. The summed E-state index contributed by atoms with van der Waals surface area (Å²) >= 11 is 6.34. The summed E-state index contributed by atoms with van der Waals surface area (Å²) in [6.07, 6.45) is 0. The first-order chi connectivity index (χ1) is 8.20. The van der Waals surface area contributed by atoms with E-state index in [9.17, 15) is 9.18 Å². The molecule has 0 aliphatic carbocycles. The van der Waals surface area contributed by atoms with E-state index in [0.717, 1.165) is 11.5 Å². The summed E-state index contributed by atoms with van der Waals surface area (Å²) in [4.78, 5) is 15.0. The molecule has 88 valence electrons. The van der Waals surface area contributed by atoms with Crippen molar-refractivity contribution in [3.63, 3.8) is 0 Å². The number of aromatic nitrogens is 2. The highest BCUT2D eigenvalue weighted by atomic mass is 35.5. The number of hydrogen-bond acceptors (Lipinski definition) is 4. The summed E-state index contributed by atoms with van der Waals surface area (Å²) in [5.41, 5.74) is 0.358. The van der Waals surface area contributed by atoms with Crippen LogP contribution >= 0.6 is 23.1 Å². The van der Waals surface area contributed by atoms with Gasteiger partial charge in [0.1, 0.15) is 16.7 Å². The molecule has 0 aliphatic rings. The maximum atomic E-state index is 13.4. The third kappa shape index (κ3) is 2.78. The van der Waals surface area contributed by atoms with Crippen molar-refractivity contribution in [2.24, 2.45) is 0 Å². The number of benzene rings is 1. The summed E-state index contributed by atoms with van der Waals surface area (Å²) in [5.74, 6) is -0.809. The lowest BCUT2D eigenvalue weighted by atomic mass is 10.2. The number of carbonyl (C=O) groups is 1. The van der Waals surface area contributed by atoms with Crippen molar-refractivity contribution in [1.29, 1.82) is 0 Å². The Hall–Kier alpha value is -1.53. The average Bonchev–Trinajstić information content (AvgIpc) is 2.78. The van der Waals surface area contributed by atoms with E-state index in [2.05, 4.69) is 14.7 Å². The molecule has 1 amide bonds. The lowest BCUT2D eigenvalue weighted by molar-refractivity contribution is -0.114. The highest BCUT2D eigenvalue weighted by Gasteiger charge is 2.11. The number of alkyl halides is 1. The molecule has 0 fully saturated rings. The predicted molar refractivity (Wildman–Crippen MR) is 64.7 cm³/mol. The van der Waals surface area contributed by atoms with Crippen LogP contribution in [-0.2, 0) is 4.79 Å². The molecular formula is C10H7ClFN3OS. The third-order valence-corrected chi connectivity index (χ3v) is 2.89. The van der Waals surface area contributed by atoms with E-state index in [-0.39, 0.29) is 17.6 Å². The number of amides is 1. The van der Waals surface area contributed by atoms with Gasteiger partial charge in [-0.1, -0.05) is 12.1 Å². The number of rotatable bonds is 3. The SMILES string of the molecule is O=C(CCl)Nc1nsc(-c2ccccc2F)n1. The van der Waals surface area contributed by atoms with E-state index >= 15 is 0 Å². The monoisotopic (exact) mass is 271 g/mol. The molecule has 0 bridgehead atoms. The van der Waals surface area contributed by atoms with E-state index in [1.807, 2.05) is 0 Å². The molecule has 1 heterocycles. The van der Waals surface area contributed by atoms with E-state index in [1.165, 1.54) is 6.07 Å². The molecule has 0 saturated heterocycles. The zero-order valence-electron chi connectivity index (χ0n) is 8.48. The summed E-state index contributed by atoms with van der Waals surface area (Å²) in [7, 11) is 0. The third-order valence-electron chi connectivity index (χ3n) is 1.90. The van der Waals surface area contributed by atoms with Crippen molar-refractivity contribution in [2.75, 3.05) is 11.2 Å². The molecule has 0 saturated carbocycles. The highest BCUT2D eigenvalue weighted by Crippen LogP contribution is 2.25. The summed E-state index contributed by atoms with van der Waals surface area (Å²) in [6.45, 7) is 0. The zero-order chi connectivity index (χ0) is 12.3. The standard InChI is InChI=1S/C10H7ClFN3OS/c11-5-8(16)13-10-14-9(17-15-10)6-3-1-2-4-7(6)12/h1-4H,5H2,(H,13,15,16). The molecule has 0 aliphatic heterocycles. The molecule has 17 heavy (non-hydrogen) atoms. The van der Waals surface area contributed by atoms with Crippen LogP contribution in [-0.4, -0.2) is 21.1 Å². The first-order valence-corrected chi connectivity index (χ1v) is 5.96. The Morgan fingerprint density at radius 3 is 2.94 bits per heavy atom. The van der Waals surface area contributed by atoms with Gasteiger partial charge in [0, 0.05) is 5.56 Å². The molecule has 4 nitrogen and oxygen atoms in total. The Labute approximate surface area is 106 Å². The second-order valence-electron chi connectivity index (χ2n) is 3.08. The van der Waals surface area contributed by atoms with Crippen LogP contribution in [0.5, 0.6) is 0 Å². The Balaban J connectivity index is 2.24. The van der Waals surface area contributed by atoms with Gasteiger partial charge in [-0.2, -0.15) is 9.36 Å². The molecular weight excluding hydrogens is 265 g/mol. The number of carbonyl (C=O) groups excluding carboxylic acids is 1. The Morgan fingerprint density at radius 1 is 1.47 bits per heavy atom. The molecule has 2 aromatic rings. The second-order valence-corrected chi connectivity index (χ2v) is 4.10. The molecule has 1 aromatic heterocycles. The first-order valence-electron chi connectivity index (χ1n) is 4.65. The summed E-state index contributed by atoms with van der Waals surface area (Å²) < 4.78 is 17.3. The lowest BCUT2D eigenvalue weighted by Crippen LogP contribution is -2.13. The van der Waals surface area contributed by atoms with Crippen LogP contribution in [0.25, 0.3) is 10.6 Å². The molecule has 0 unspecified atom stereocenters. The van der Waals surface area contributed by atoms with E-state index in [0.29, 0.717) is 10.6 Å². The van der Waals surface area contributed by atoms with Crippen LogP contribution in [0.1, 0.15) is 0 Å².